The van der Waals surface area contributed by atoms with E-state index < -0.39 is 0 Å². The predicted molar refractivity (Wildman–Crippen MR) is 70.6 cm³/mol. The van der Waals surface area contributed by atoms with E-state index in [2.05, 4.69) is 5.32 Å². The Labute approximate surface area is 110 Å². The molecule has 0 aliphatic carbocycles. The van der Waals surface area contributed by atoms with Gasteiger partial charge in [0.25, 0.3) is 0 Å². The number of hydrogen-bond donors (Lipinski definition) is 1. The molecule has 1 fully saturated rings. The molecule has 1 aromatic rings. The number of nitrogens with one attached hydrogen (secondary N) is 1. The standard InChI is InChI=1S/C13H15NO3S/c1-8-7-12(13(16)17-8)18-11-5-3-10(4-6-11)14-9(2)15/h3-6,8,12H,7H2,1-2H3,(H,14,15)/t8-,12-/m0/s1. The first-order valence-corrected chi connectivity index (χ1v) is 6.67. The first kappa shape index (κ1) is 13.0. The topological polar surface area (TPSA) is 55.4 Å². The molecular weight excluding hydrogens is 250 g/mol. The molecule has 2 rings (SSSR count). The lowest BCUT2D eigenvalue weighted by molar-refractivity contribution is -0.140. The minimum atomic E-state index is -0.140. The van der Waals surface area contributed by atoms with E-state index >= 15 is 0 Å². The molecule has 0 saturated carbocycles. The molecule has 96 valence electrons. The molecule has 1 aromatic carbocycles. The highest BCUT2D eigenvalue weighted by Crippen LogP contribution is 2.32. The van der Waals surface area contributed by atoms with Crippen LogP contribution in [0.1, 0.15) is 20.3 Å². The normalized spacial score (nSPS) is 22.7. The average Bonchev–Trinajstić information content (AvgIpc) is 2.59. The Hall–Kier alpha value is -1.49. The van der Waals surface area contributed by atoms with E-state index in [-0.39, 0.29) is 23.2 Å². The predicted octanol–water partition coefficient (Wildman–Crippen LogP) is 2.44. The Morgan fingerprint density at radius 1 is 1.39 bits per heavy atom. The zero-order valence-corrected chi connectivity index (χ0v) is 11.1. The minimum absolute atomic E-state index is 0.00801. The average molecular weight is 265 g/mol. The van der Waals surface area contributed by atoms with E-state index in [4.69, 9.17) is 4.74 Å². The smallest absolute Gasteiger partial charge is 0.319 e. The number of esters is 1. The monoisotopic (exact) mass is 265 g/mol. The minimum Gasteiger partial charge on any atom is -0.462 e. The third kappa shape index (κ3) is 3.26. The summed E-state index contributed by atoms with van der Waals surface area (Å²) in [7, 11) is 0. The lowest BCUT2D eigenvalue weighted by atomic mass is 10.3. The Bertz CT molecular complexity index is 458. The van der Waals surface area contributed by atoms with Crippen molar-refractivity contribution in [2.24, 2.45) is 0 Å². The van der Waals surface area contributed by atoms with Crippen molar-refractivity contribution in [1.82, 2.24) is 0 Å². The van der Waals surface area contributed by atoms with E-state index in [1.807, 2.05) is 31.2 Å². The van der Waals surface area contributed by atoms with Gasteiger partial charge in [-0.3, -0.25) is 9.59 Å². The molecule has 1 aliphatic rings. The molecule has 1 aliphatic heterocycles. The van der Waals surface area contributed by atoms with Crippen molar-refractivity contribution in [2.75, 3.05) is 5.32 Å². The van der Waals surface area contributed by atoms with Crippen LogP contribution in [0.3, 0.4) is 0 Å². The summed E-state index contributed by atoms with van der Waals surface area (Å²) in [5, 5.41) is 2.58. The highest BCUT2D eigenvalue weighted by atomic mass is 32.2. The van der Waals surface area contributed by atoms with Gasteiger partial charge in [-0.2, -0.15) is 0 Å². The summed E-state index contributed by atoms with van der Waals surface area (Å²) in [6.07, 6.45) is 0.755. The van der Waals surface area contributed by atoms with E-state index in [0.29, 0.717) is 0 Å². The van der Waals surface area contributed by atoms with Gasteiger partial charge in [0.2, 0.25) is 5.91 Å². The van der Waals surface area contributed by atoms with Crippen molar-refractivity contribution >= 4 is 29.3 Å². The van der Waals surface area contributed by atoms with Crippen LogP contribution in [0.4, 0.5) is 5.69 Å². The number of cyclic esters (lactones) is 1. The summed E-state index contributed by atoms with van der Waals surface area (Å²) in [5.41, 5.74) is 0.759. The van der Waals surface area contributed by atoms with E-state index in [0.717, 1.165) is 17.0 Å². The fraction of sp³-hybridized carbons (Fsp3) is 0.385. The molecule has 0 unspecified atom stereocenters. The Balaban J connectivity index is 1.98. The summed E-state index contributed by atoms with van der Waals surface area (Å²) in [6, 6.07) is 7.44. The first-order chi connectivity index (χ1) is 8.54. The molecule has 0 radical (unpaired) electrons. The fourth-order valence-electron chi connectivity index (χ4n) is 1.80. The van der Waals surface area contributed by atoms with E-state index in [1.165, 1.54) is 18.7 Å². The molecule has 1 N–H and O–H groups in total. The summed E-state index contributed by atoms with van der Waals surface area (Å²) in [5.74, 6) is -0.234. The van der Waals surface area contributed by atoms with Crippen molar-refractivity contribution in [3.8, 4) is 0 Å². The van der Waals surface area contributed by atoms with Gasteiger partial charge in [0.15, 0.2) is 0 Å². The van der Waals surface area contributed by atoms with Gasteiger partial charge in [-0.05, 0) is 31.2 Å². The maximum absolute atomic E-state index is 11.5. The number of carbonyl (C=O) groups excluding carboxylic acids is 2. The molecule has 4 nitrogen and oxygen atoms in total. The molecule has 18 heavy (non-hydrogen) atoms. The van der Waals surface area contributed by atoms with Crippen LogP contribution >= 0.6 is 11.8 Å². The van der Waals surface area contributed by atoms with Crippen molar-refractivity contribution in [1.29, 1.82) is 0 Å². The summed E-state index contributed by atoms with van der Waals surface area (Å²) < 4.78 is 5.11. The maximum Gasteiger partial charge on any atom is 0.319 e. The maximum atomic E-state index is 11.5. The molecule has 5 heteroatoms. The van der Waals surface area contributed by atoms with Gasteiger partial charge in [0.1, 0.15) is 11.4 Å². The van der Waals surface area contributed by atoms with Gasteiger partial charge < -0.3 is 10.1 Å². The number of amides is 1. The Morgan fingerprint density at radius 2 is 2.06 bits per heavy atom. The largest absolute Gasteiger partial charge is 0.462 e. The highest BCUT2D eigenvalue weighted by molar-refractivity contribution is 8.00. The zero-order valence-electron chi connectivity index (χ0n) is 10.3. The quantitative estimate of drug-likeness (QED) is 0.853. The van der Waals surface area contributed by atoms with Crippen molar-refractivity contribution in [3.05, 3.63) is 24.3 Å². The third-order valence-corrected chi connectivity index (χ3v) is 3.79. The molecule has 0 bridgehead atoms. The number of thioether (sulfide) groups is 1. The second-order valence-corrected chi connectivity index (χ2v) is 5.57. The number of carbonyl (C=O) groups is 2. The van der Waals surface area contributed by atoms with Crippen molar-refractivity contribution < 1.29 is 14.3 Å². The van der Waals surface area contributed by atoms with E-state index in [9.17, 15) is 9.59 Å². The van der Waals surface area contributed by atoms with Crippen LogP contribution < -0.4 is 5.32 Å². The molecule has 1 saturated heterocycles. The van der Waals surface area contributed by atoms with Gasteiger partial charge in [-0.1, -0.05) is 0 Å². The molecule has 1 amide bonds. The number of benzene rings is 1. The molecule has 0 aromatic heterocycles. The van der Waals surface area contributed by atoms with Crippen LogP contribution in [0.25, 0.3) is 0 Å². The second kappa shape index (κ2) is 5.44. The lowest BCUT2D eigenvalue weighted by Gasteiger charge is -2.07. The fourth-order valence-corrected chi connectivity index (χ4v) is 2.94. The van der Waals surface area contributed by atoms with Crippen LogP contribution in [0.15, 0.2) is 29.2 Å². The van der Waals surface area contributed by atoms with Gasteiger partial charge in [0, 0.05) is 23.9 Å². The van der Waals surface area contributed by atoms with Crippen LogP contribution in [0, 0.1) is 0 Å². The van der Waals surface area contributed by atoms with Crippen LogP contribution in [-0.4, -0.2) is 23.2 Å². The van der Waals surface area contributed by atoms with E-state index in [1.54, 1.807) is 0 Å². The van der Waals surface area contributed by atoms with Crippen molar-refractivity contribution in [3.63, 3.8) is 0 Å². The zero-order chi connectivity index (χ0) is 13.1. The molecule has 2 atom stereocenters. The van der Waals surface area contributed by atoms with Crippen LogP contribution in [0.2, 0.25) is 0 Å². The van der Waals surface area contributed by atoms with Gasteiger partial charge in [0.05, 0.1) is 0 Å². The molecule has 0 spiro atoms. The third-order valence-electron chi connectivity index (χ3n) is 2.58. The van der Waals surface area contributed by atoms with Crippen LogP contribution in [0.5, 0.6) is 0 Å². The van der Waals surface area contributed by atoms with Gasteiger partial charge >= 0.3 is 5.97 Å². The van der Waals surface area contributed by atoms with Gasteiger partial charge in [-0.15, -0.1) is 11.8 Å². The first-order valence-electron chi connectivity index (χ1n) is 5.79. The summed E-state index contributed by atoms with van der Waals surface area (Å²) in [4.78, 5) is 23.4. The SMILES string of the molecule is CC(=O)Nc1ccc(S[C@H]2C[C@H](C)OC2=O)cc1. The number of rotatable bonds is 3. The highest BCUT2D eigenvalue weighted by Gasteiger charge is 2.32. The number of anilines is 1. The summed E-state index contributed by atoms with van der Waals surface area (Å²) >= 11 is 1.50. The number of ether oxygens (including phenoxy) is 1. The Kier molecular flexibility index (Phi) is 3.91. The number of hydrogen-bond acceptors (Lipinski definition) is 4. The molecular formula is C13H15NO3S. The van der Waals surface area contributed by atoms with Gasteiger partial charge in [-0.25, -0.2) is 0 Å². The summed E-state index contributed by atoms with van der Waals surface area (Å²) in [6.45, 7) is 3.37. The molecule has 1 heterocycles. The second-order valence-electron chi connectivity index (χ2n) is 4.30. The van der Waals surface area contributed by atoms with Crippen molar-refractivity contribution in [2.45, 2.75) is 36.5 Å². The Morgan fingerprint density at radius 3 is 2.56 bits per heavy atom. The van der Waals surface area contributed by atoms with Crippen LogP contribution in [-0.2, 0) is 14.3 Å². The lowest BCUT2D eigenvalue weighted by Crippen LogP contribution is -2.09.